The van der Waals surface area contributed by atoms with Crippen LogP contribution in [0.3, 0.4) is 0 Å². The lowest BCUT2D eigenvalue weighted by atomic mass is 10.2. The molecule has 5 heteroatoms. The zero-order valence-corrected chi connectivity index (χ0v) is 10.5. The van der Waals surface area contributed by atoms with E-state index in [1.165, 1.54) is 26.0 Å². The molecule has 4 nitrogen and oxygen atoms in total. The van der Waals surface area contributed by atoms with Crippen molar-refractivity contribution in [3.8, 4) is 5.75 Å². The molecule has 1 rings (SSSR count). The average molecular weight is 254 g/mol. The zero-order valence-electron chi connectivity index (χ0n) is 10.5. The Morgan fingerprint density at radius 3 is 2.22 bits per heavy atom. The van der Waals surface area contributed by atoms with Crippen molar-refractivity contribution in [2.24, 2.45) is 0 Å². The summed E-state index contributed by atoms with van der Waals surface area (Å²) in [6.07, 6.45) is 0. The molecular weight excluding hydrogens is 239 g/mol. The molecular formula is C13H15FO4. The van der Waals surface area contributed by atoms with Crippen LogP contribution in [0.2, 0.25) is 0 Å². The van der Waals surface area contributed by atoms with Gasteiger partial charge in [0.25, 0.3) is 0 Å². The Kier molecular flexibility index (Phi) is 6.34. The lowest BCUT2D eigenvalue weighted by molar-refractivity contribution is -0.133. The molecule has 0 fully saturated rings. The molecule has 0 amide bonds. The molecule has 0 aliphatic rings. The Bertz CT molecular complexity index is 454. The summed E-state index contributed by atoms with van der Waals surface area (Å²) in [5.41, 5.74) is 0.918. The van der Waals surface area contributed by atoms with Gasteiger partial charge in [0.2, 0.25) is 0 Å². The van der Waals surface area contributed by atoms with Crippen LogP contribution in [-0.2, 0) is 9.59 Å². The van der Waals surface area contributed by atoms with E-state index < -0.39 is 17.8 Å². The summed E-state index contributed by atoms with van der Waals surface area (Å²) in [4.78, 5) is 20.1. The number of benzene rings is 1. The number of halogens is 1. The molecule has 1 N–H and O–H groups in total. The third-order valence-corrected chi connectivity index (χ3v) is 1.77. The standard InChI is InChI=1S/C9H9FO2.C4H6O2/c1-6-3-4-8(10)5-9(6)12-7(2)11;1-3(2)4(5)6/h3-5H,1-2H3;1H2,2H3,(H,5,6). The van der Waals surface area contributed by atoms with Gasteiger partial charge in [0.15, 0.2) is 0 Å². The summed E-state index contributed by atoms with van der Waals surface area (Å²) in [6, 6.07) is 4.08. The van der Waals surface area contributed by atoms with Crippen LogP contribution in [-0.4, -0.2) is 17.0 Å². The summed E-state index contributed by atoms with van der Waals surface area (Å²) in [5.74, 6) is -1.50. The van der Waals surface area contributed by atoms with E-state index in [0.717, 1.165) is 5.56 Å². The van der Waals surface area contributed by atoms with Gasteiger partial charge < -0.3 is 9.84 Å². The van der Waals surface area contributed by atoms with Gasteiger partial charge in [-0.3, -0.25) is 4.79 Å². The molecule has 0 heterocycles. The monoisotopic (exact) mass is 254 g/mol. The minimum Gasteiger partial charge on any atom is -0.478 e. The second kappa shape index (κ2) is 7.21. The fraction of sp³-hybridized carbons (Fsp3) is 0.231. The van der Waals surface area contributed by atoms with Crippen molar-refractivity contribution < 1.29 is 23.8 Å². The van der Waals surface area contributed by atoms with E-state index in [2.05, 4.69) is 6.58 Å². The molecule has 0 atom stereocenters. The number of hydrogen-bond acceptors (Lipinski definition) is 3. The van der Waals surface area contributed by atoms with Crippen LogP contribution in [0.1, 0.15) is 19.4 Å². The molecule has 0 bridgehead atoms. The third kappa shape index (κ3) is 6.42. The number of aliphatic carboxylic acids is 1. The average Bonchev–Trinajstić information content (AvgIpc) is 2.23. The van der Waals surface area contributed by atoms with Gasteiger partial charge in [0.1, 0.15) is 11.6 Å². The molecule has 0 unspecified atom stereocenters. The van der Waals surface area contributed by atoms with Crippen LogP contribution in [0.5, 0.6) is 5.75 Å². The maximum Gasteiger partial charge on any atom is 0.330 e. The van der Waals surface area contributed by atoms with Gasteiger partial charge in [-0.25, -0.2) is 9.18 Å². The van der Waals surface area contributed by atoms with Crippen molar-refractivity contribution in [1.82, 2.24) is 0 Å². The van der Waals surface area contributed by atoms with Gasteiger partial charge in [-0.1, -0.05) is 12.6 Å². The highest BCUT2D eigenvalue weighted by Crippen LogP contribution is 2.18. The number of esters is 1. The maximum atomic E-state index is 12.6. The second-order valence-corrected chi connectivity index (χ2v) is 3.59. The molecule has 18 heavy (non-hydrogen) atoms. The second-order valence-electron chi connectivity index (χ2n) is 3.59. The zero-order chi connectivity index (χ0) is 14.3. The molecule has 98 valence electrons. The first kappa shape index (κ1) is 15.8. The Labute approximate surface area is 105 Å². The van der Waals surface area contributed by atoms with Gasteiger partial charge in [0, 0.05) is 18.6 Å². The Hall–Kier alpha value is -2.17. The summed E-state index contributed by atoms with van der Waals surface area (Å²) in [7, 11) is 0. The van der Waals surface area contributed by atoms with Gasteiger partial charge in [-0.2, -0.15) is 0 Å². The highest BCUT2D eigenvalue weighted by molar-refractivity contribution is 5.84. The van der Waals surface area contributed by atoms with Crippen LogP contribution in [0.25, 0.3) is 0 Å². The smallest absolute Gasteiger partial charge is 0.330 e. The van der Waals surface area contributed by atoms with Gasteiger partial charge in [-0.05, 0) is 25.5 Å². The van der Waals surface area contributed by atoms with E-state index >= 15 is 0 Å². The lowest BCUT2D eigenvalue weighted by Crippen LogP contribution is -2.02. The first-order chi connectivity index (χ1) is 8.23. The van der Waals surface area contributed by atoms with Crippen molar-refractivity contribution in [1.29, 1.82) is 0 Å². The summed E-state index contributed by atoms with van der Waals surface area (Å²) in [5, 5.41) is 7.89. The fourth-order valence-electron chi connectivity index (χ4n) is 0.839. The van der Waals surface area contributed by atoms with Crippen LogP contribution >= 0.6 is 0 Å². The van der Waals surface area contributed by atoms with Gasteiger partial charge >= 0.3 is 11.9 Å². The van der Waals surface area contributed by atoms with E-state index in [0.29, 0.717) is 0 Å². The minimum absolute atomic E-state index is 0.176. The van der Waals surface area contributed by atoms with Crippen molar-refractivity contribution >= 4 is 11.9 Å². The quantitative estimate of drug-likeness (QED) is 0.500. The third-order valence-electron chi connectivity index (χ3n) is 1.77. The SMILES string of the molecule is C=C(C)C(=O)O.CC(=O)Oc1cc(F)ccc1C. The Morgan fingerprint density at radius 2 is 1.83 bits per heavy atom. The molecule has 0 saturated heterocycles. The minimum atomic E-state index is -0.935. The molecule has 0 aromatic heterocycles. The van der Waals surface area contributed by atoms with E-state index in [1.807, 2.05) is 0 Å². The maximum absolute atomic E-state index is 12.6. The van der Waals surface area contributed by atoms with E-state index in [9.17, 15) is 14.0 Å². The van der Waals surface area contributed by atoms with Crippen LogP contribution in [0.15, 0.2) is 30.4 Å². The highest BCUT2D eigenvalue weighted by Gasteiger charge is 2.03. The molecule has 0 radical (unpaired) electrons. The van der Waals surface area contributed by atoms with Crippen molar-refractivity contribution in [3.63, 3.8) is 0 Å². The van der Waals surface area contributed by atoms with E-state index in [-0.39, 0.29) is 11.3 Å². The van der Waals surface area contributed by atoms with Crippen LogP contribution < -0.4 is 4.74 Å². The molecule has 0 spiro atoms. The molecule has 1 aromatic carbocycles. The number of ether oxygens (including phenoxy) is 1. The predicted molar refractivity (Wildman–Crippen MR) is 64.9 cm³/mol. The lowest BCUT2D eigenvalue weighted by Gasteiger charge is -2.03. The van der Waals surface area contributed by atoms with Gasteiger partial charge in [-0.15, -0.1) is 0 Å². The Balaban J connectivity index is 0.000000411. The number of carbonyl (C=O) groups is 2. The molecule has 0 aliphatic heterocycles. The van der Waals surface area contributed by atoms with Crippen molar-refractivity contribution in [2.75, 3.05) is 0 Å². The largest absolute Gasteiger partial charge is 0.478 e. The topological polar surface area (TPSA) is 63.6 Å². The summed E-state index contributed by atoms with van der Waals surface area (Å²) >= 11 is 0. The van der Waals surface area contributed by atoms with E-state index in [1.54, 1.807) is 13.0 Å². The number of carbonyl (C=O) groups excluding carboxylic acids is 1. The molecule has 0 aliphatic carbocycles. The number of aryl methyl sites for hydroxylation is 1. The van der Waals surface area contributed by atoms with Gasteiger partial charge in [0.05, 0.1) is 0 Å². The highest BCUT2D eigenvalue weighted by atomic mass is 19.1. The first-order valence-corrected chi connectivity index (χ1v) is 5.07. The number of carboxylic acid groups (broad SMARTS) is 1. The number of carboxylic acids is 1. The van der Waals surface area contributed by atoms with Crippen LogP contribution in [0, 0.1) is 12.7 Å². The van der Waals surface area contributed by atoms with Crippen molar-refractivity contribution in [2.45, 2.75) is 20.8 Å². The Morgan fingerprint density at radius 1 is 1.33 bits per heavy atom. The van der Waals surface area contributed by atoms with Crippen molar-refractivity contribution in [3.05, 3.63) is 41.7 Å². The predicted octanol–water partition coefficient (Wildman–Crippen LogP) is 2.71. The van der Waals surface area contributed by atoms with Crippen LogP contribution in [0.4, 0.5) is 4.39 Å². The number of hydrogen-bond donors (Lipinski definition) is 1. The summed E-state index contributed by atoms with van der Waals surface area (Å²) in [6.45, 7) is 7.63. The fourth-order valence-corrected chi connectivity index (χ4v) is 0.839. The normalized spacial score (nSPS) is 8.89. The van der Waals surface area contributed by atoms with E-state index in [4.69, 9.17) is 9.84 Å². The summed E-state index contributed by atoms with van der Waals surface area (Å²) < 4.78 is 17.4. The number of rotatable bonds is 2. The molecule has 1 aromatic rings. The molecule has 0 saturated carbocycles. The first-order valence-electron chi connectivity index (χ1n) is 5.07.